The van der Waals surface area contributed by atoms with Crippen LogP contribution in [0.2, 0.25) is 5.02 Å². The summed E-state index contributed by atoms with van der Waals surface area (Å²) >= 11 is 6.06. The summed E-state index contributed by atoms with van der Waals surface area (Å²) in [4.78, 5) is 14.4. The van der Waals surface area contributed by atoms with Gasteiger partial charge in [0.2, 0.25) is 5.91 Å². The standard InChI is InChI=1S/C18H26ClN3O/c19-16-3-1-2-4-17(16)21-18(23)9-12-22-10-7-15(8-11-22)20-13-14-5-6-14/h1-4,14-15,20H,5-13H2,(H,21,23). The Morgan fingerprint density at radius 1 is 1.17 bits per heavy atom. The Bertz CT molecular complexity index is 525. The minimum Gasteiger partial charge on any atom is -0.325 e. The Kier molecular flexibility index (Phi) is 5.92. The van der Waals surface area contributed by atoms with Crippen molar-refractivity contribution in [3.63, 3.8) is 0 Å². The fourth-order valence-corrected chi connectivity index (χ4v) is 3.23. The number of halogens is 1. The number of nitrogens with one attached hydrogen (secondary N) is 2. The Labute approximate surface area is 143 Å². The summed E-state index contributed by atoms with van der Waals surface area (Å²) in [6.07, 6.45) is 5.72. The third-order valence-corrected chi connectivity index (χ3v) is 5.11. The lowest BCUT2D eigenvalue weighted by Crippen LogP contribution is -2.43. The molecule has 2 fully saturated rings. The molecule has 23 heavy (non-hydrogen) atoms. The van der Waals surface area contributed by atoms with Crippen LogP contribution in [-0.4, -0.2) is 43.0 Å². The first-order valence-electron chi connectivity index (χ1n) is 8.71. The zero-order chi connectivity index (χ0) is 16.1. The van der Waals surface area contributed by atoms with Crippen LogP contribution in [0.1, 0.15) is 32.1 Å². The summed E-state index contributed by atoms with van der Waals surface area (Å²) in [7, 11) is 0. The van der Waals surface area contributed by atoms with Crippen LogP contribution < -0.4 is 10.6 Å². The molecule has 1 aromatic carbocycles. The van der Waals surface area contributed by atoms with Gasteiger partial charge in [-0.1, -0.05) is 23.7 Å². The van der Waals surface area contributed by atoms with Crippen LogP contribution in [0.5, 0.6) is 0 Å². The van der Waals surface area contributed by atoms with Crippen molar-refractivity contribution in [1.29, 1.82) is 0 Å². The summed E-state index contributed by atoms with van der Waals surface area (Å²) < 4.78 is 0. The molecule has 0 bridgehead atoms. The molecule has 3 rings (SSSR count). The molecule has 5 heteroatoms. The first kappa shape index (κ1) is 16.7. The lowest BCUT2D eigenvalue weighted by Gasteiger charge is -2.32. The third-order valence-electron chi connectivity index (χ3n) is 4.78. The van der Waals surface area contributed by atoms with Gasteiger partial charge in [-0.05, 0) is 63.4 Å². The van der Waals surface area contributed by atoms with E-state index in [0.29, 0.717) is 23.2 Å². The lowest BCUT2D eigenvalue weighted by atomic mass is 10.0. The number of benzene rings is 1. The van der Waals surface area contributed by atoms with Crippen LogP contribution in [0.25, 0.3) is 0 Å². The number of hydrogen-bond donors (Lipinski definition) is 2. The highest BCUT2D eigenvalue weighted by atomic mass is 35.5. The van der Waals surface area contributed by atoms with Gasteiger partial charge in [0.15, 0.2) is 0 Å². The average molecular weight is 336 g/mol. The molecular weight excluding hydrogens is 310 g/mol. The topological polar surface area (TPSA) is 44.4 Å². The predicted octanol–water partition coefficient (Wildman–Crippen LogP) is 3.13. The highest BCUT2D eigenvalue weighted by Gasteiger charge is 2.24. The van der Waals surface area contributed by atoms with Crippen LogP contribution >= 0.6 is 11.6 Å². The minimum atomic E-state index is 0.0343. The first-order chi connectivity index (χ1) is 11.2. The number of carbonyl (C=O) groups excluding carboxylic acids is 1. The molecule has 1 aromatic rings. The van der Waals surface area contributed by atoms with E-state index >= 15 is 0 Å². The van der Waals surface area contributed by atoms with E-state index < -0.39 is 0 Å². The number of carbonyl (C=O) groups is 1. The van der Waals surface area contributed by atoms with Gasteiger partial charge in [-0.15, -0.1) is 0 Å². The molecule has 0 radical (unpaired) electrons. The van der Waals surface area contributed by atoms with Crippen molar-refractivity contribution >= 4 is 23.2 Å². The smallest absolute Gasteiger partial charge is 0.225 e. The van der Waals surface area contributed by atoms with E-state index in [2.05, 4.69) is 15.5 Å². The van der Waals surface area contributed by atoms with Crippen molar-refractivity contribution in [3.05, 3.63) is 29.3 Å². The van der Waals surface area contributed by atoms with E-state index in [9.17, 15) is 4.79 Å². The van der Waals surface area contributed by atoms with Gasteiger partial charge in [0.25, 0.3) is 0 Å². The van der Waals surface area contributed by atoms with Crippen molar-refractivity contribution in [2.45, 2.75) is 38.1 Å². The number of amides is 1. The average Bonchev–Trinajstić information content (AvgIpc) is 3.38. The second-order valence-electron chi connectivity index (χ2n) is 6.75. The molecule has 1 heterocycles. The van der Waals surface area contributed by atoms with Crippen molar-refractivity contribution in [2.75, 3.05) is 31.5 Å². The van der Waals surface area contributed by atoms with Crippen LogP contribution in [0.3, 0.4) is 0 Å². The maximum atomic E-state index is 12.0. The predicted molar refractivity (Wildman–Crippen MR) is 94.9 cm³/mol. The summed E-state index contributed by atoms with van der Waals surface area (Å²) in [5.74, 6) is 0.980. The molecule has 2 aliphatic rings. The van der Waals surface area contributed by atoms with Gasteiger partial charge in [-0.2, -0.15) is 0 Å². The SMILES string of the molecule is O=C(CCN1CCC(NCC2CC2)CC1)Nc1ccccc1Cl. The van der Waals surface area contributed by atoms with Crippen LogP contribution in [-0.2, 0) is 4.79 Å². The minimum absolute atomic E-state index is 0.0343. The number of anilines is 1. The molecule has 1 saturated carbocycles. The molecule has 1 amide bonds. The second-order valence-corrected chi connectivity index (χ2v) is 7.15. The Hall–Kier alpha value is -1.10. The molecule has 0 aromatic heterocycles. The van der Waals surface area contributed by atoms with Crippen molar-refractivity contribution in [3.8, 4) is 0 Å². The summed E-state index contributed by atoms with van der Waals surface area (Å²) in [5.41, 5.74) is 0.696. The zero-order valence-electron chi connectivity index (χ0n) is 13.6. The maximum Gasteiger partial charge on any atom is 0.225 e. The van der Waals surface area contributed by atoms with E-state index in [1.54, 1.807) is 6.07 Å². The number of para-hydroxylation sites is 1. The number of piperidine rings is 1. The summed E-state index contributed by atoms with van der Waals surface area (Å²) in [6, 6.07) is 8.03. The molecular formula is C18H26ClN3O. The number of nitrogens with zero attached hydrogens (tertiary/aromatic N) is 1. The molecule has 4 nitrogen and oxygen atoms in total. The normalized spacial score (nSPS) is 19.7. The fraction of sp³-hybridized carbons (Fsp3) is 0.611. The Balaban J connectivity index is 1.32. The van der Waals surface area contributed by atoms with E-state index in [0.717, 1.165) is 25.6 Å². The van der Waals surface area contributed by atoms with Crippen LogP contribution in [0, 0.1) is 5.92 Å². The molecule has 2 N–H and O–H groups in total. The van der Waals surface area contributed by atoms with Gasteiger partial charge in [0, 0.05) is 19.0 Å². The monoisotopic (exact) mass is 335 g/mol. The lowest BCUT2D eigenvalue weighted by molar-refractivity contribution is -0.116. The van der Waals surface area contributed by atoms with Crippen molar-refractivity contribution in [1.82, 2.24) is 10.2 Å². The molecule has 1 aliphatic heterocycles. The number of rotatable bonds is 7. The number of hydrogen-bond acceptors (Lipinski definition) is 3. The Morgan fingerprint density at radius 3 is 2.61 bits per heavy atom. The molecule has 0 unspecified atom stereocenters. The van der Waals surface area contributed by atoms with Gasteiger partial charge in [-0.25, -0.2) is 0 Å². The van der Waals surface area contributed by atoms with Crippen molar-refractivity contribution in [2.24, 2.45) is 5.92 Å². The molecule has 1 aliphatic carbocycles. The van der Waals surface area contributed by atoms with E-state index in [4.69, 9.17) is 11.6 Å². The largest absolute Gasteiger partial charge is 0.325 e. The van der Waals surface area contributed by atoms with E-state index in [-0.39, 0.29) is 5.91 Å². The van der Waals surface area contributed by atoms with Gasteiger partial charge in [0.1, 0.15) is 0 Å². The fourth-order valence-electron chi connectivity index (χ4n) is 3.05. The third kappa shape index (κ3) is 5.48. The summed E-state index contributed by atoms with van der Waals surface area (Å²) in [6.45, 7) is 4.19. The highest BCUT2D eigenvalue weighted by molar-refractivity contribution is 6.33. The van der Waals surface area contributed by atoms with Crippen LogP contribution in [0.4, 0.5) is 5.69 Å². The quantitative estimate of drug-likeness (QED) is 0.804. The molecule has 126 valence electrons. The van der Waals surface area contributed by atoms with Gasteiger partial charge >= 0.3 is 0 Å². The van der Waals surface area contributed by atoms with Crippen molar-refractivity contribution < 1.29 is 4.79 Å². The molecule has 1 saturated heterocycles. The van der Waals surface area contributed by atoms with Gasteiger partial charge in [-0.3, -0.25) is 4.79 Å². The first-order valence-corrected chi connectivity index (χ1v) is 9.08. The maximum absolute atomic E-state index is 12.0. The molecule has 0 atom stereocenters. The van der Waals surface area contributed by atoms with E-state index in [1.807, 2.05) is 18.2 Å². The van der Waals surface area contributed by atoms with E-state index in [1.165, 1.54) is 32.2 Å². The van der Waals surface area contributed by atoms with Gasteiger partial charge in [0.05, 0.1) is 10.7 Å². The van der Waals surface area contributed by atoms with Crippen LogP contribution in [0.15, 0.2) is 24.3 Å². The summed E-state index contributed by atoms with van der Waals surface area (Å²) in [5, 5.41) is 7.16. The number of likely N-dealkylation sites (tertiary alicyclic amines) is 1. The highest BCUT2D eigenvalue weighted by Crippen LogP contribution is 2.28. The van der Waals surface area contributed by atoms with Gasteiger partial charge < -0.3 is 15.5 Å². The zero-order valence-corrected chi connectivity index (χ0v) is 14.3. The Morgan fingerprint density at radius 2 is 1.91 bits per heavy atom. The second kappa shape index (κ2) is 8.13. The molecule has 0 spiro atoms.